The first-order valence-electron chi connectivity index (χ1n) is 13.7. The van der Waals surface area contributed by atoms with E-state index in [4.69, 9.17) is 9.47 Å². The predicted molar refractivity (Wildman–Crippen MR) is 147 cm³/mol. The SMILES string of the molecule is CCNC(=O)Nc1ncnc2c1ncn2C1CC(C(=O)N2CCC[C@@H]2C(=O)O)C2O[C@H](/C=C/c3ccccc3)OC21. The molecule has 13 heteroatoms. The quantitative estimate of drug-likeness (QED) is 0.393. The number of carbonyl (C=O) groups is 3. The van der Waals surface area contributed by atoms with Crippen LogP contribution in [0, 0.1) is 5.92 Å². The number of nitrogens with one attached hydrogen (secondary N) is 2. The van der Waals surface area contributed by atoms with Crippen LogP contribution < -0.4 is 10.6 Å². The Hall–Kier alpha value is -4.36. The number of carbonyl (C=O) groups excluding carboxylic acids is 2. The van der Waals surface area contributed by atoms with Crippen LogP contribution in [-0.2, 0) is 19.1 Å². The molecule has 214 valence electrons. The van der Waals surface area contributed by atoms with E-state index in [2.05, 4.69) is 25.6 Å². The average Bonchev–Trinajstić information content (AvgIpc) is 3.76. The number of aliphatic carboxylic acids is 1. The summed E-state index contributed by atoms with van der Waals surface area (Å²) in [5, 5.41) is 15.1. The van der Waals surface area contributed by atoms with E-state index in [9.17, 15) is 19.5 Å². The van der Waals surface area contributed by atoms with Gasteiger partial charge in [-0.05, 0) is 37.8 Å². The summed E-state index contributed by atoms with van der Waals surface area (Å²) in [5.41, 5.74) is 1.85. The number of fused-ring (bicyclic) bond motifs is 2. The van der Waals surface area contributed by atoms with Gasteiger partial charge in [-0.1, -0.05) is 36.4 Å². The number of amides is 3. The molecule has 6 rings (SSSR count). The molecule has 3 amide bonds. The highest BCUT2D eigenvalue weighted by molar-refractivity contribution is 5.95. The third-order valence-corrected chi connectivity index (χ3v) is 7.85. The molecule has 4 heterocycles. The monoisotopic (exact) mass is 561 g/mol. The molecule has 1 saturated carbocycles. The number of aromatic nitrogens is 4. The van der Waals surface area contributed by atoms with Gasteiger partial charge in [-0.15, -0.1) is 0 Å². The van der Waals surface area contributed by atoms with Crippen molar-refractivity contribution in [3.63, 3.8) is 0 Å². The number of likely N-dealkylation sites (tertiary alicyclic amines) is 1. The van der Waals surface area contributed by atoms with Crippen molar-refractivity contribution in [3.8, 4) is 0 Å². The summed E-state index contributed by atoms with van der Waals surface area (Å²) in [6.45, 7) is 2.65. The summed E-state index contributed by atoms with van der Waals surface area (Å²) in [6.07, 6.45) is 6.25. The molecule has 41 heavy (non-hydrogen) atoms. The number of nitrogens with zero attached hydrogens (tertiary/aromatic N) is 5. The number of benzene rings is 1. The highest BCUT2D eigenvalue weighted by Crippen LogP contribution is 2.46. The molecule has 0 radical (unpaired) electrons. The summed E-state index contributed by atoms with van der Waals surface area (Å²) in [4.78, 5) is 52.4. The molecule has 3 aromatic rings. The Labute approximate surface area is 235 Å². The standard InChI is InChI=1S/C28H31N7O6/c1-2-29-28(39)33-24-21-25(31-14-30-24)35(15-32-21)19-13-17(26(36)34-12-6-9-18(34)27(37)38)22-23(19)41-20(40-22)11-10-16-7-4-3-5-8-16/h3-5,7-8,10-11,14-15,17-20,22-23H,2,6,9,12-13H2,1H3,(H,37,38)(H2,29,30,31,33,39)/b11-10+/t17?,18-,19?,20+,22?,23?/m1/s1. The zero-order valence-corrected chi connectivity index (χ0v) is 22.4. The smallest absolute Gasteiger partial charge is 0.326 e. The van der Waals surface area contributed by atoms with E-state index in [1.54, 1.807) is 6.33 Å². The number of ether oxygens (including phenoxy) is 2. The van der Waals surface area contributed by atoms with Gasteiger partial charge in [-0.25, -0.2) is 24.5 Å². The Morgan fingerprint density at radius 2 is 1.93 bits per heavy atom. The number of anilines is 1. The first-order valence-corrected chi connectivity index (χ1v) is 13.7. The lowest BCUT2D eigenvalue weighted by Crippen LogP contribution is -2.46. The number of imidazole rings is 1. The van der Waals surface area contributed by atoms with Crippen molar-refractivity contribution >= 4 is 41.0 Å². The average molecular weight is 562 g/mol. The summed E-state index contributed by atoms with van der Waals surface area (Å²) in [6, 6.07) is 8.09. The van der Waals surface area contributed by atoms with E-state index < -0.39 is 42.5 Å². The molecule has 3 fully saturated rings. The lowest BCUT2D eigenvalue weighted by molar-refractivity contribution is -0.152. The number of hydrogen-bond acceptors (Lipinski definition) is 8. The molecular formula is C28H31N7O6. The van der Waals surface area contributed by atoms with Gasteiger partial charge in [0.15, 0.2) is 23.3 Å². The van der Waals surface area contributed by atoms with Crippen LogP contribution in [0.5, 0.6) is 0 Å². The Kier molecular flexibility index (Phi) is 7.37. The van der Waals surface area contributed by atoms with Crippen LogP contribution in [-0.4, -0.2) is 85.1 Å². The predicted octanol–water partition coefficient (Wildman–Crippen LogP) is 2.43. The van der Waals surface area contributed by atoms with Gasteiger partial charge in [0.05, 0.1) is 18.3 Å². The van der Waals surface area contributed by atoms with Crippen molar-refractivity contribution in [1.82, 2.24) is 29.7 Å². The van der Waals surface area contributed by atoms with Crippen molar-refractivity contribution in [3.05, 3.63) is 54.6 Å². The van der Waals surface area contributed by atoms with Gasteiger partial charge in [0.1, 0.15) is 24.6 Å². The Bertz CT molecular complexity index is 1480. The van der Waals surface area contributed by atoms with Crippen molar-refractivity contribution in [2.75, 3.05) is 18.4 Å². The van der Waals surface area contributed by atoms with Crippen LogP contribution in [0.2, 0.25) is 0 Å². The van der Waals surface area contributed by atoms with Gasteiger partial charge in [0.2, 0.25) is 5.91 Å². The lowest BCUT2D eigenvalue weighted by atomic mass is 10.0. The van der Waals surface area contributed by atoms with Gasteiger partial charge >= 0.3 is 12.0 Å². The minimum atomic E-state index is -1.00. The van der Waals surface area contributed by atoms with Crippen LogP contribution in [0.4, 0.5) is 10.6 Å². The van der Waals surface area contributed by atoms with Crippen LogP contribution in [0.15, 0.2) is 49.1 Å². The molecule has 1 aliphatic carbocycles. The number of rotatable bonds is 7. The van der Waals surface area contributed by atoms with E-state index in [0.29, 0.717) is 43.5 Å². The highest BCUT2D eigenvalue weighted by Gasteiger charge is 2.56. The van der Waals surface area contributed by atoms with Crippen LogP contribution in [0.3, 0.4) is 0 Å². The van der Waals surface area contributed by atoms with E-state index in [1.165, 1.54) is 11.2 Å². The molecule has 3 aliphatic rings. The maximum atomic E-state index is 13.8. The third kappa shape index (κ3) is 5.13. The molecule has 1 aromatic carbocycles. The topological polar surface area (TPSA) is 161 Å². The normalized spacial score (nSPS) is 27.4. The van der Waals surface area contributed by atoms with Crippen molar-refractivity contribution in [2.24, 2.45) is 5.92 Å². The number of carboxylic acids is 1. The summed E-state index contributed by atoms with van der Waals surface area (Å²) in [7, 11) is 0. The van der Waals surface area contributed by atoms with E-state index >= 15 is 0 Å². The minimum Gasteiger partial charge on any atom is -0.480 e. The zero-order valence-electron chi connectivity index (χ0n) is 22.4. The summed E-state index contributed by atoms with van der Waals surface area (Å²) >= 11 is 0. The Balaban J connectivity index is 1.31. The number of carboxylic acid groups (broad SMARTS) is 1. The van der Waals surface area contributed by atoms with Gasteiger partial charge < -0.3 is 29.4 Å². The molecular weight excluding hydrogens is 530 g/mol. The van der Waals surface area contributed by atoms with Gasteiger partial charge in [-0.3, -0.25) is 10.1 Å². The van der Waals surface area contributed by atoms with Crippen molar-refractivity contribution in [1.29, 1.82) is 0 Å². The highest BCUT2D eigenvalue weighted by atomic mass is 16.7. The number of hydrogen-bond donors (Lipinski definition) is 3. The third-order valence-electron chi connectivity index (χ3n) is 7.85. The maximum absolute atomic E-state index is 13.8. The van der Waals surface area contributed by atoms with Crippen molar-refractivity contribution < 1.29 is 29.0 Å². The van der Waals surface area contributed by atoms with E-state index in [-0.39, 0.29) is 17.8 Å². The first kappa shape index (κ1) is 26.8. The molecule has 0 spiro atoms. The fraction of sp³-hybridized carbons (Fsp3) is 0.429. The molecule has 3 N–H and O–H groups in total. The maximum Gasteiger partial charge on any atom is 0.326 e. The van der Waals surface area contributed by atoms with Gasteiger partial charge in [0.25, 0.3) is 0 Å². The van der Waals surface area contributed by atoms with Crippen LogP contribution in [0.25, 0.3) is 17.2 Å². The minimum absolute atomic E-state index is 0.249. The summed E-state index contributed by atoms with van der Waals surface area (Å²) < 4.78 is 14.5. The second-order valence-electron chi connectivity index (χ2n) is 10.3. The number of urea groups is 1. The Morgan fingerprint density at radius 1 is 1.12 bits per heavy atom. The molecule has 2 aromatic heterocycles. The van der Waals surface area contributed by atoms with Gasteiger partial charge in [-0.2, -0.15) is 0 Å². The molecule has 6 atom stereocenters. The molecule has 0 bridgehead atoms. The van der Waals surface area contributed by atoms with Gasteiger partial charge in [0, 0.05) is 13.1 Å². The lowest BCUT2D eigenvalue weighted by Gasteiger charge is -2.27. The molecule has 2 saturated heterocycles. The second kappa shape index (κ2) is 11.3. The second-order valence-corrected chi connectivity index (χ2v) is 10.3. The molecule has 2 aliphatic heterocycles. The summed E-state index contributed by atoms with van der Waals surface area (Å²) in [5.74, 6) is -1.61. The molecule has 13 nitrogen and oxygen atoms in total. The van der Waals surface area contributed by atoms with Crippen LogP contribution >= 0.6 is 0 Å². The fourth-order valence-electron chi connectivity index (χ4n) is 6.01. The largest absolute Gasteiger partial charge is 0.480 e. The Morgan fingerprint density at radius 3 is 2.71 bits per heavy atom. The first-order chi connectivity index (χ1) is 19.9. The fourth-order valence-corrected chi connectivity index (χ4v) is 6.01. The van der Waals surface area contributed by atoms with Crippen LogP contribution in [0.1, 0.15) is 37.8 Å². The zero-order chi connectivity index (χ0) is 28.5. The van der Waals surface area contributed by atoms with E-state index in [0.717, 1.165) is 5.56 Å². The van der Waals surface area contributed by atoms with Crippen molar-refractivity contribution in [2.45, 2.75) is 56.8 Å². The van der Waals surface area contributed by atoms with E-state index in [1.807, 2.05) is 54.0 Å². The molecule has 4 unspecified atom stereocenters.